The molecule has 3 aromatic carbocycles. The molecule has 0 atom stereocenters. The maximum atomic E-state index is 11.4. The number of rotatable bonds is 7. The van der Waals surface area contributed by atoms with Crippen LogP contribution in [0.3, 0.4) is 0 Å². The lowest BCUT2D eigenvalue weighted by molar-refractivity contribution is 0.112. The van der Waals surface area contributed by atoms with Gasteiger partial charge in [-0.05, 0) is 29.8 Å². The van der Waals surface area contributed by atoms with Crippen molar-refractivity contribution in [3.05, 3.63) is 95.7 Å². The van der Waals surface area contributed by atoms with Gasteiger partial charge < -0.3 is 14.7 Å². The Bertz CT molecular complexity index is 1160. The molecule has 0 bridgehead atoms. The monoisotopic (exact) mass is 383 g/mol. The lowest BCUT2D eigenvalue weighted by atomic mass is 10.1. The Labute approximate surface area is 169 Å². The molecule has 0 saturated carbocycles. The fraction of sp³-hybridized carbons (Fsp3) is 0.0833. The second kappa shape index (κ2) is 8.44. The van der Waals surface area contributed by atoms with Crippen LogP contribution in [0.5, 0.6) is 0 Å². The van der Waals surface area contributed by atoms with Gasteiger partial charge in [0.15, 0.2) is 6.29 Å². The van der Waals surface area contributed by atoms with Crippen molar-refractivity contribution in [1.29, 1.82) is 0 Å². The molecule has 144 valence electrons. The van der Waals surface area contributed by atoms with Crippen LogP contribution in [0, 0.1) is 0 Å². The maximum absolute atomic E-state index is 11.4. The van der Waals surface area contributed by atoms with Crippen LogP contribution < -0.4 is 5.32 Å². The topological polar surface area (TPSA) is 55.6 Å². The van der Waals surface area contributed by atoms with Gasteiger partial charge in [0.1, 0.15) is 7.11 Å². The molecular weight excluding hydrogens is 362 g/mol. The van der Waals surface area contributed by atoms with Crippen LogP contribution in [0.15, 0.2) is 84.1 Å². The highest BCUT2D eigenvalue weighted by molar-refractivity contribution is 6.07. The summed E-state index contributed by atoms with van der Waals surface area (Å²) in [6.07, 6.45) is 4.63. The summed E-state index contributed by atoms with van der Waals surface area (Å²) in [6.45, 7) is 0.743. The van der Waals surface area contributed by atoms with Crippen molar-refractivity contribution in [3.63, 3.8) is 0 Å². The van der Waals surface area contributed by atoms with Crippen molar-refractivity contribution < 1.29 is 9.63 Å². The molecule has 1 aromatic heterocycles. The highest BCUT2D eigenvalue weighted by Crippen LogP contribution is 2.31. The van der Waals surface area contributed by atoms with E-state index in [9.17, 15) is 4.79 Å². The molecule has 0 radical (unpaired) electrons. The minimum absolute atomic E-state index is 0.611. The van der Waals surface area contributed by atoms with Gasteiger partial charge in [-0.2, -0.15) is 0 Å². The van der Waals surface area contributed by atoms with Crippen LogP contribution in [0.25, 0.3) is 10.9 Å². The Kier molecular flexibility index (Phi) is 5.38. The van der Waals surface area contributed by atoms with E-state index < -0.39 is 0 Å². The normalized spacial score (nSPS) is 11.1. The fourth-order valence-electron chi connectivity index (χ4n) is 3.47. The third-order valence-corrected chi connectivity index (χ3v) is 4.79. The number of aromatic nitrogens is 1. The Morgan fingerprint density at radius 1 is 0.931 bits per heavy atom. The molecule has 29 heavy (non-hydrogen) atoms. The third-order valence-electron chi connectivity index (χ3n) is 4.79. The van der Waals surface area contributed by atoms with E-state index in [2.05, 4.69) is 39.4 Å². The maximum Gasteiger partial charge on any atom is 0.152 e. The first-order valence-corrected chi connectivity index (χ1v) is 9.33. The van der Waals surface area contributed by atoms with Crippen molar-refractivity contribution in [1.82, 2.24) is 4.57 Å². The van der Waals surface area contributed by atoms with Gasteiger partial charge in [-0.3, -0.25) is 4.79 Å². The summed E-state index contributed by atoms with van der Waals surface area (Å²) >= 11 is 0. The van der Waals surface area contributed by atoms with E-state index >= 15 is 0 Å². The highest BCUT2D eigenvalue weighted by Gasteiger charge is 2.13. The van der Waals surface area contributed by atoms with Crippen molar-refractivity contribution in [3.8, 4) is 0 Å². The van der Waals surface area contributed by atoms with E-state index in [0.29, 0.717) is 5.56 Å². The van der Waals surface area contributed by atoms with Gasteiger partial charge in [0.2, 0.25) is 0 Å². The molecule has 0 unspecified atom stereocenters. The van der Waals surface area contributed by atoms with Crippen LogP contribution in [-0.2, 0) is 11.4 Å². The molecule has 0 aliphatic rings. The van der Waals surface area contributed by atoms with Gasteiger partial charge in [-0.1, -0.05) is 53.7 Å². The second-order valence-corrected chi connectivity index (χ2v) is 6.64. The largest absolute Gasteiger partial charge is 0.399 e. The number of nitrogens with zero attached hydrogens (tertiary/aromatic N) is 2. The zero-order valence-corrected chi connectivity index (χ0v) is 16.1. The van der Waals surface area contributed by atoms with Gasteiger partial charge in [0.05, 0.1) is 11.7 Å². The number of oxime groups is 1. The van der Waals surface area contributed by atoms with Crippen molar-refractivity contribution in [2.75, 3.05) is 12.4 Å². The Morgan fingerprint density at radius 3 is 2.48 bits per heavy atom. The molecule has 1 N–H and O–H groups in total. The zero-order valence-electron chi connectivity index (χ0n) is 16.1. The predicted octanol–water partition coefficient (Wildman–Crippen LogP) is 5.23. The molecule has 0 spiro atoms. The average molecular weight is 383 g/mol. The van der Waals surface area contributed by atoms with E-state index in [-0.39, 0.29) is 0 Å². The van der Waals surface area contributed by atoms with Crippen LogP contribution >= 0.6 is 0 Å². The van der Waals surface area contributed by atoms with Crippen LogP contribution in [-0.4, -0.2) is 24.2 Å². The predicted molar refractivity (Wildman–Crippen MR) is 117 cm³/mol. The van der Waals surface area contributed by atoms with Gasteiger partial charge in [0.25, 0.3) is 0 Å². The van der Waals surface area contributed by atoms with Crippen LogP contribution in [0.4, 0.5) is 11.4 Å². The number of hydrogen-bond donors (Lipinski definition) is 1. The summed E-state index contributed by atoms with van der Waals surface area (Å²) in [5.41, 5.74) is 5.50. The van der Waals surface area contributed by atoms with Gasteiger partial charge in [-0.15, -0.1) is 0 Å². The van der Waals surface area contributed by atoms with Crippen molar-refractivity contribution in [2.24, 2.45) is 5.16 Å². The zero-order chi connectivity index (χ0) is 20.1. The van der Waals surface area contributed by atoms with Gasteiger partial charge in [0, 0.05) is 40.6 Å². The first kappa shape index (κ1) is 18.5. The van der Waals surface area contributed by atoms with Crippen LogP contribution in [0.2, 0.25) is 0 Å². The number of carbonyl (C=O) groups is 1. The van der Waals surface area contributed by atoms with Crippen molar-refractivity contribution in [2.45, 2.75) is 6.54 Å². The fourth-order valence-corrected chi connectivity index (χ4v) is 3.47. The summed E-state index contributed by atoms with van der Waals surface area (Å²) in [5, 5.41) is 8.40. The number of fused-ring (bicyclic) bond motifs is 1. The van der Waals surface area contributed by atoms with Gasteiger partial charge >= 0.3 is 0 Å². The molecule has 5 heteroatoms. The van der Waals surface area contributed by atoms with Crippen molar-refractivity contribution >= 4 is 34.8 Å². The minimum atomic E-state index is 0.611. The average Bonchev–Trinajstić information content (AvgIpc) is 3.11. The molecular formula is C24H21N3O2. The summed E-state index contributed by atoms with van der Waals surface area (Å²) in [7, 11) is 1.53. The summed E-state index contributed by atoms with van der Waals surface area (Å²) < 4.78 is 2.19. The molecule has 0 fully saturated rings. The number of nitrogens with one attached hydrogen (secondary N) is 1. The molecule has 0 aliphatic carbocycles. The number of hydrogen-bond acceptors (Lipinski definition) is 4. The SMILES string of the molecule is CON=Cc1cn(Cc2ccccc2)c2cccc(Nc3ccccc3C=O)c12. The molecule has 0 saturated heterocycles. The van der Waals surface area contributed by atoms with E-state index in [0.717, 1.165) is 40.7 Å². The molecule has 4 aromatic rings. The number of anilines is 2. The number of benzene rings is 3. The Balaban J connectivity index is 1.83. The first-order chi connectivity index (χ1) is 14.3. The molecule has 0 amide bonds. The van der Waals surface area contributed by atoms with E-state index in [1.165, 1.54) is 12.7 Å². The second-order valence-electron chi connectivity index (χ2n) is 6.64. The minimum Gasteiger partial charge on any atom is -0.399 e. The van der Waals surface area contributed by atoms with E-state index in [1.54, 1.807) is 12.3 Å². The summed E-state index contributed by atoms with van der Waals surface area (Å²) in [5.74, 6) is 0. The Morgan fingerprint density at radius 2 is 1.69 bits per heavy atom. The van der Waals surface area contributed by atoms with E-state index in [4.69, 9.17) is 4.84 Å². The number of para-hydroxylation sites is 1. The quantitative estimate of drug-likeness (QED) is 0.270. The highest BCUT2D eigenvalue weighted by atomic mass is 16.6. The molecule has 4 rings (SSSR count). The molecule has 5 nitrogen and oxygen atoms in total. The number of carbonyl (C=O) groups excluding carboxylic acids is 1. The summed E-state index contributed by atoms with van der Waals surface area (Å²) in [4.78, 5) is 16.3. The molecule has 1 heterocycles. The smallest absolute Gasteiger partial charge is 0.152 e. The van der Waals surface area contributed by atoms with E-state index in [1.807, 2.05) is 48.5 Å². The number of aldehydes is 1. The standard InChI is InChI=1S/C24H21N3O2/c1-29-25-14-20-16-27(15-18-8-3-2-4-9-18)23-13-7-12-22(24(20)23)26-21-11-6-5-10-19(21)17-28/h2-14,16-17,26H,15H2,1H3. The first-order valence-electron chi connectivity index (χ1n) is 9.33. The molecule has 0 aliphatic heterocycles. The van der Waals surface area contributed by atoms with Crippen LogP contribution in [0.1, 0.15) is 21.5 Å². The van der Waals surface area contributed by atoms with Gasteiger partial charge in [-0.25, -0.2) is 0 Å². The lowest BCUT2D eigenvalue weighted by Crippen LogP contribution is -1.98. The third kappa shape index (κ3) is 3.89. The Hall–Kier alpha value is -3.86. The lowest BCUT2D eigenvalue weighted by Gasteiger charge is -2.11. The summed E-state index contributed by atoms with van der Waals surface area (Å²) in [6, 6.07) is 23.8.